The van der Waals surface area contributed by atoms with Gasteiger partial charge in [-0.2, -0.15) is 0 Å². The van der Waals surface area contributed by atoms with Crippen molar-refractivity contribution >= 4 is 29.1 Å². The number of benzene rings is 2. The Labute approximate surface area is 220 Å². The van der Waals surface area contributed by atoms with Crippen LogP contribution in [0.5, 0.6) is 0 Å². The molecule has 37 heavy (non-hydrogen) atoms. The Morgan fingerprint density at radius 3 is 2.22 bits per heavy atom. The number of furan rings is 1. The fourth-order valence-corrected chi connectivity index (χ4v) is 4.51. The number of carbonyl (C=O) groups excluding carboxylic acids is 3. The Morgan fingerprint density at radius 2 is 1.59 bits per heavy atom. The van der Waals surface area contributed by atoms with E-state index in [1.807, 2.05) is 62.4 Å². The van der Waals surface area contributed by atoms with Crippen LogP contribution in [0.3, 0.4) is 0 Å². The molecule has 7 nitrogen and oxygen atoms in total. The minimum atomic E-state index is -0.914. The van der Waals surface area contributed by atoms with Gasteiger partial charge in [-0.1, -0.05) is 65.7 Å². The standard InChI is InChI=1S/C29H29N3O4S/c1-20-7-11-22(12-8-20)19-32(26(33)18-31-28(34)25-6-4-16-37-25)27(23-13-9-21(2)10-14-23)29(35)30-17-24-5-3-15-36-24/h3-16,27H,17-19H2,1-2H3,(H,30,35)(H,31,34)/t27-/m0/s1. The van der Waals surface area contributed by atoms with E-state index in [0.29, 0.717) is 16.2 Å². The second-order valence-electron chi connectivity index (χ2n) is 8.78. The predicted molar refractivity (Wildman–Crippen MR) is 143 cm³/mol. The molecule has 2 aromatic heterocycles. The van der Waals surface area contributed by atoms with E-state index >= 15 is 0 Å². The largest absolute Gasteiger partial charge is 0.467 e. The van der Waals surface area contributed by atoms with E-state index in [2.05, 4.69) is 10.6 Å². The lowest BCUT2D eigenvalue weighted by molar-refractivity contribution is -0.141. The molecule has 0 aliphatic carbocycles. The number of nitrogens with one attached hydrogen (secondary N) is 2. The summed E-state index contributed by atoms with van der Waals surface area (Å²) in [6, 6.07) is 21.4. The fraction of sp³-hybridized carbons (Fsp3) is 0.207. The van der Waals surface area contributed by atoms with Crippen LogP contribution < -0.4 is 10.6 Å². The van der Waals surface area contributed by atoms with Crippen LogP contribution >= 0.6 is 11.3 Å². The Hall–Kier alpha value is -4.17. The number of rotatable bonds is 10. The van der Waals surface area contributed by atoms with Crippen LogP contribution in [0, 0.1) is 13.8 Å². The molecule has 0 fully saturated rings. The average molecular weight is 516 g/mol. The van der Waals surface area contributed by atoms with Crippen LogP contribution in [0.2, 0.25) is 0 Å². The number of aryl methyl sites for hydroxylation is 2. The lowest BCUT2D eigenvalue weighted by Crippen LogP contribution is -2.46. The van der Waals surface area contributed by atoms with E-state index in [-0.39, 0.29) is 37.4 Å². The molecule has 2 heterocycles. The summed E-state index contributed by atoms with van der Waals surface area (Å²) in [5.74, 6) is -0.432. The van der Waals surface area contributed by atoms with Gasteiger partial charge in [0.2, 0.25) is 11.8 Å². The molecule has 4 rings (SSSR count). The van der Waals surface area contributed by atoms with Crippen molar-refractivity contribution in [3.63, 3.8) is 0 Å². The van der Waals surface area contributed by atoms with Crippen molar-refractivity contribution in [2.24, 2.45) is 0 Å². The van der Waals surface area contributed by atoms with Gasteiger partial charge in [0.1, 0.15) is 11.8 Å². The van der Waals surface area contributed by atoms with Crippen molar-refractivity contribution in [1.82, 2.24) is 15.5 Å². The van der Waals surface area contributed by atoms with Crippen molar-refractivity contribution in [2.75, 3.05) is 6.54 Å². The van der Waals surface area contributed by atoms with Crippen LogP contribution in [-0.4, -0.2) is 29.2 Å². The molecule has 2 N–H and O–H groups in total. The Bertz CT molecular complexity index is 1310. The maximum absolute atomic E-state index is 13.6. The molecule has 2 aromatic carbocycles. The molecule has 0 bridgehead atoms. The van der Waals surface area contributed by atoms with E-state index in [1.165, 1.54) is 16.2 Å². The maximum Gasteiger partial charge on any atom is 0.261 e. The SMILES string of the molecule is Cc1ccc(CN(C(=O)CNC(=O)c2cccs2)[C@H](C(=O)NCc2ccco2)c2ccc(C)cc2)cc1. The summed E-state index contributed by atoms with van der Waals surface area (Å²) in [6.45, 7) is 4.10. The zero-order chi connectivity index (χ0) is 26.2. The van der Waals surface area contributed by atoms with Crippen molar-refractivity contribution in [3.8, 4) is 0 Å². The molecule has 4 aromatic rings. The van der Waals surface area contributed by atoms with Gasteiger partial charge in [-0.3, -0.25) is 14.4 Å². The molecule has 8 heteroatoms. The zero-order valence-corrected chi connectivity index (χ0v) is 21.6. The summed E-state index contributed by atoms with van der Waals surface area (Å²) in [5, 5.41) is 7.41. The molecule has 190 valence electrons. The molecule has 1 atom stereocenters. The van der Waals surface area contributed by atoms with Crippen LogP contribution in [0.25, 0.3) is 0 Å². The first-order chi connectivity index (χ1) is 17.9. The second-order valence-corrected chi connectivity index (χ2v) is 9.73. The van der Waals surface area contributed by atoms with Gasteiger partial charge in [-0.25, -0.2) is 0 Å². The van der Waals surface area contributed by atoms with Crippen LogP contribution in [0.4, 0.5) is 0 Å². The van der Waals surface area contributed by atoms with Crippen LogP contribution in [-0.2, 0) is 22.7 Å². The normalized spacial score (nSPS) is 11.5. The quantitative estimate of drug-likeness (QED) is 0.318. The van der Waals surface area contributed by atoms with Gasteiger partial charge in [0.15, 0.2) is 0 Å². The number of nitrogens with zero attached hydrogens (tertiary/aromatic N) is 1. The summed E-state index contributed by atoms with van der Waals surface area (Å²) in [7, 11) is 0. The predicted octanol–water partition coefficient (Wildman–Crippen LogP) is 4.77. The molecule has 0 unspecified atom stereocenters. The van der Waals surface area contributed by atoms with E-state index in [1.54, 1.807) is 35.9 Å². The molecular formula is C29H29N3O4S. The van der Waals surface area contributed by atoms with Gasteiger partial charge in [0.25, 0.3) is 5.91 Å². The van der Waals surface area contributed by atoms with Gasteiger partial charge in [0, 0.05) is 6.54 Å². The third-order valence-electron chi connectivity index (χ3n) is 5.91. The first-order valence-electron chi connectivity index (χ1n) is 11.9. The molecule has 0 aliphatic heterocycles. The number of carbonyl (C=O) groups is 3. The highest BCUT2D eigenvalue weighted by Gasteiger charge is 2.32. The van der Waals surface area contributed by atoms with Crippen molar-refractivity contribution in [1.29, 1.82) is 0 Å². The number of thiophene rings is 1. The van der Waals surface area contributed by atoms with Gasteiger partial charge in [0.05, 0.1) is 24.2 Å². The lowest BCUT2D eigenvalue weighted by atomic mass is 10.0. The third-order valence-corrected chi connectivity index (χ3v) is 6.78. The van der Waals surface area contributed by atoms with Crippen molar-refractivity contribution in [3.05, 3.63) is 117 Å². The average Bonchev–Trinajstić information content (AvgIpc) is 3.62. The zero-order valence-electron chi connectivity index (χ0n) is 20.8. The molecule has 0 radical (unpaired) electrons. The summed E-state index contributed by atoms with van der Waals surface area (Å²) >= 11 is 1.30. The van der Waals surface area contributed by atoms with E-state index in [0.717, 1.165) is 16.7 Å². The van der Waals surface area contributed by atoms with Crippen LogP contribution in [0.15, 0.2) is 88.9 Å². The first-order valence-corrected chi connectivity index (χ1v) is 12.8. The van der Waals surface area contributed by atoms with Gasteiger partial charge >= 0.3 is 0 Å². The van der Waals surface area contributed by atoms with E-state index < -0.39 is 6.04 Å². The van der Waals surface area contributed by atoms with E-state index in [9.17, 15) is 14.4 Å². The first kappa shape index (κ1) is 25.9. The third kappa shape index (κ3) is 6.95. The van der Waals surface area contributed by atoms with Gasteiger partial charge in [-0.15, -0.1) is 11.3 Å². The molecule has 0 aliphatic rings. The minimum absolute atomic E-state index is 0.190. The number of amides is 3. The molecule has 0 spiro atoms. The highest BCUT2D eigenvalue weighted by Crippen LogP contribution is 2.25. The summed E-state index contributed by atoms with van der Waals surface area (Å²) < 4.78 is 5.36. The smallest absolute Gasteiger partial charge is 0.261 e. The van der Waals surface area contributed by atoms with Crippen LogP contribution in [0.1, 0.15) is 43.7 Å². The fourth-order valence-electron chi connectivity index (χ4n) is 3.87. The molecule has 0 saturated carbocycles. The maximum atomic E-state index is 13.6. The lowest BCUT2D eigenvalue weighted by Gasteiger charge is -2.32. The molecule has 0 saturated heterocycles. The monoisotopic (exact) mass is 515 g/mol. The summed E-state index contributed by atoms with van der Waals surface area (Å²) in [6.07, 6.45) is 1.54. The number of hydrogen-bond acceptors (Lipinski definition) is 5. The molecule has 3 amide bonds. The topological polar surface area (TPSA) is 91.7 Å². The minimum Gasteiger partial charge on any atom is -0.467 e. The second kappa shape index (κ2) is 12.2. The molecular weight excluding hydrogens is 486 g/mol. The van der Waals surface area contributed by atoms with Crippen molar-refractivity contribution in [2.45, 2.75) is 33.0 Å². The Kier molecular flexibility index (Phi) is 8.53. The highest BCUT2D eigenvalue weighted by atomic mass is 32.1. The Balaban J connectivity index is 1.63. The van der Waals surface area contributed by atoms with Crippen molar-refractivity contribution < 1.29 is 18.8 Å². The Morgan fingerprint density at radius 1 is 0.892 bits per heavy atom. The number of hydrogen-bond donors (Lipinski definition) is 2. The highest BCUT2D eigenvalue weighted by molar-refractivity contribution is 7.12. The van der Waals surface area contributed by atoms with E-state index in [4.69, 9.17) is 4.42 Å². The summed E-state index contributed by atoms with van der Waals surface area (Å²) in [5.41, 5.74) is 3.68. The van der Waals surface area contributed by atoms with Gasteiger partial charge < -0.3 is 20.0 Å². The van der Waals surface area contributed by atoms with Gasteiger partial charge in [-0.05, 0) is 48.6 Å². The summed E-state index contributed by atoms with van der Waals surface area (Å²) in [4.78, 5) is 41.8.